The maximum atomic E-state index is 6.89. The molecule has 0 amide bonds. The zero-order valence-electron chi connectivity index (χ0n) is 29.2. The van der Waals surface area contributed by atoms with Gasteiger partial charge in [-0.1, -0.05) is 121 Å². The molecular weight excluding hydrogens is 648 g/mol. The second-order valence-electron chi connectivity index (χ2n) is 12.6. The van der Waals surface area contributed by atoms with E-state index in [4.69, 9.17) is 42.6 Å². The third kappa shape index (κ3) is 11.8. The largest absolute Gasteiger partial charge is 0.377 e. The molecule has 0 radical (unpaired) electrons. The average Bonchev–Trinajstić information content (AvgIpc) is 3.19. The zero-order chi connectivity index (χ0) is 34.8. The molecule has 4 aromatic rings. The highest BCUT2D eigenvalue weighted by Crippen LogP contribution is 2.36. The summed E-state index contributed by atoms with van der Waals surface area (Å²) in [5.41, 5.74) is 4.15. The Bertz CT molecular complexity index is 1360. The molecule has 0 spiro atoms. The zero-order valence-corrected chi connectivity index (χ0v) is 29.2. The molecule has 1 aliphatic carbocycles. The Morgan fingerprint density at radius 3 is 0.882 bits per heavy atom. The van der Waals surface area contributed by atoms with Crippen molar-refractivity contribution in [2.75, 3.05) is 52.9 Å². The number of ether oxygens (including phenoxy) is 9. The third-order valence-electron chi connectivity index (χ3n) is 8.90. The van der Waals surface area contributed by atoms with Crippen molar-refractivity contribution in [2.45, 2.75) is 63.1 Å². The maximum absolute atomic E-state index is 6.89. The van der Waals surface area contributed by atoms with Gasteiger partial charge < -0.3 is 42.6 Å². The fraction of sp³-hybridized carbons (Fsp3) is 0.429. The first-order valence-electron chi connectivity index (χ1n) is 17.9. The van der Waals surface area contributed by atoms with Gasteiger partial charge in [0.2, 0.25) is 0 Å². The summed E-state index contributed by atoms with van der Waals surface area (Å²) in [4.78, 5) is 0. The Kier molecular flexibility index (Phi) is 15.5. The van der Waals surface area contributed by atoms with E-state index in [9.17, 15) is 0 Å². The van der Waals surface area contributed by atoms with E-state index in [0.717, 1.165) is 22.3 Å². The predicted octanol–water partition coefficient (Wildman–Crippen LogP) is 6.18. The van der Waals surface area contributed by atoms with Crippen molar-refractivity contribution in [3.05, 3.63) is 144 Å². The van der Waals surface area contributed by atoms with Crippen LogP contribution in [0.4, 0.5) is 0 Å². The van der Waals surface area contributed by atoms with Gasteiger partial charge in [0.05, 0.1) is 79.3 Å². The minimum absolute atomic E-state index is 0.318. The van der Waals surface area contributed by atoms with E-state index in [0.29, 0.717) is 79.3 Å². The third-order valence-corrected chi connectivity index (χ3v) is 8.90. The molecule has 9 heteroatoms. The standard InChI is InChI=1S/C42H50O9/c1-5-13-33(14-6-1)29-48-39-37-38(47-28-26-45-24-22-43-21-23-44-25-27-46-37)40(49-30-34-15-7-2-8-16-34)42(51-32-36-19-11-4-12-20-36)41(39)50-31-35-17-9-3-10-18-35/h1-20,37-42H,21-32H2/t37-,38+,39-,40-,41+,42+/m0/s1. The summed E-state index contributed by atoms with van der Waals surface area (Å²) in [6.45, 7) is 4.69. The van der Waals surface area contributed by atoms with Crippen molar-refractivity contribution in [1.29, 1.82) is 0 Å². The quantitative estimate of drug-likeness (QED) is 0.173. The summed E-state index contributed by atoms with van der Waals surface area (Å²) in [6, 6.07) is 40.5. The monoisotopic (exact) mass is 698 g/mol. The number of rotatable bonds is 12. The summed E-state index contributed by atoms with van der Waals surface area (Å²) in [5.74, 6) is 0. The van der Waals surface area contributed by atoms with E-state index in [2.05, 4.69) is 48.5 Å². The molecule has 0 aromatic heterocycles. The molecule has 1 saturated heterocycles. The smallest absolute Gasteiger partial charge is 0.116 e. The van der Waals surface area contributed by atoms with Crippen LogP contribution in [0.3, 0.4) is 0 Å². The van der Waals surface area contributed by atoms with E-state index in [1.165, 1.54) is 0 Å². The van der Waals surface area contributed by atoms with Gasteiger partial charge in [0.1, 0.15) is 36.6 Å². The SMILES string of the molecule is c1ccc(CO[C@H]2[C@H](OCc3ccccc3)[C@@H](OCc3ccccc3)[C@H]3OCCOCCOCCOCCO[C@H]3[C@@H]2OCc2ccccc2)cc1. The first-order valence-corrected chi connectivity index (χ1v) is 17.9. The second kappa shape index (κ2) is 21.1. The van der Waals surface area contributed by atoms with Gasteiger partial charge in [-0.05, 0) is 22.3 Å². The number of benzene rings is 4. The molecule has 272 valence electrons. The van der Waals surface area contributed by atoms with Crippen molar-refractivity contribution in [3.8, 4) is 0 Å². The topological polar surface area (TPSA) is 83.1 Å². The van der Waals surface area contributed by atoms with Gasteiger partial charge in [-0.2, -0.15) is 0 Å². The summed E-state index contributed by atoms with van der Waals surface area (Å²) in [6.07, 6.45) is -3.52. The molecule has 51 heavy (non-hydrogen) atoms. The molecule has 6 rings (SSSR count). The lowest BCUT2D eigenvalue weighted by molar-refractivity contribution is -0.290. The van der Waals surface area contributed by atoms with Crippen molar-refractivity contribution in [1.82, 2.24) is 0 Å². The van der Waals surface area contributed by atoms with E-state index >= 15 is 0 Å². The first-order chi connectivity index (χ1) is 25.3. The summed E-state index contributed by atoms with van der Waals surface area (Å²) in [7, 11) is 0. The number of hydrogen-bond acceptors (Lipinski definition) is 9. The van der Waals surface area contributed by atoms with Gasteiger partial charge in [-0.3, -0.25) is 0 Å². The molecule has 1 saturated carbocycles. The molecule has 9 nitrogen and oxygen atoms in total. The van der Waals surface area contributed by atoms with Gasteiger partial charge in [-0.15, -0.1) is 0 Å². The van der Waals surface area contributed by atoms with Crippen molar-refractivity contribution in [3.63, 3.8) is 0 Å². The van der Waals surface area contributed by atoms with Gasteiger partial charge in [0.25, 0.3) is 0 Å². The van der Waals surface area contributed by atoms with Crippen LogP contribution in [0.5, 0.6) is 0 Å². The highest BCUT2D eigenvalue weighted by atomic mass is 16.6. The summed E-state index contributed by atoms with van der Waals surface area (Å²) < 4.78 is 58.3. The lowest BCUT2D eigenvalue weighted by Crippen LogP contribution is -2.67. The Morgan fingerprint density at radius 2 is 0.588 bits per heavy atom. The van der Waals surface area contributed by atoms with E-state index in [1.54, 1.807) is 0 Å². The predicted molar refractivity (Wildman–Crippen MR) is 192 cm³/mol. The summed E-state index contributed by atoms with van der Waals surface area (Å²) in [5, 5.41) is 0. The van der Waals surface area contributed by atoms with Gasteiger partial charge >= 0.3 is 0 Å². The molecular formula is C42H50O9. The lowest BCUT2D eigenvalue weighted by atomic mass is 9.83. The number of fused-ring (bicyclic) bond motifs is 1. The highest BCUT2D eigenvalue weighted by Gasteiger charge is 2.55. The normalized spacial score (nSPS) is 25.3. The fourth-order valence-electron chi connectivity index (χ4n) is 6.35. The molecule has 0 N–H and O–H groups in total. The molecule has 4 aromatic carbocycles. The molecule has 2 fully saturated rings. The highest BCUT2D eigenvalue weighted by molar-refractivity contribution is 5.17. The lowest BCUT2D eigenvalue weighted by Gasteiger charge is -2.49. The van der Waals surface area contributed by atoms with Crippen molar-refractivity contribution >= 4 is 0 Å². The van der Waals surface area contributed by atoms with Crippen LogP contribution < -0.4 is 0 Å². The van der Waals surface area contributed by atoms with E-state index in [1.807, 2.05) is 72.8 Å². The van der Waals surface area contributed by atoms with E-state index < -0.39 is 36.6 Å². The van der Waals surface area contributed by atoms with Gasteiger partial charge in [0, 0.05) is 0 Å². The van der Waals surface area contributed by atoms with Crippen LogP contribution in [0.2, 0.25) is 0 Å². The second-order valence-corrected chi connectivity index (χ2v) is 12.6. The molecule has 0 bridgehead atoms. The van der Waals surface area contributed by atoms with Crippen LogP contribution in [0, 0.1) is 0 Å². The van der Waals surface area contributed by atoms with Crippen molar-refractivity contribution in [2.24, 2.45) is 0 Å². The Morgan fingerprint density at radius 1 is 0.333 bits per heavy atom. The van der Waals surface area contributed by atoms with Crippen LogP contribution >= 0.6 is 0 Å². The van der Waals surface area contributed by atoms with E-state index in [-0.39, 0.29) is 0 Å². The Balaban J connectivity index is 1.37. The Labute approximate surface area is 301 Å². The minimum Gasteiger partial charge on any atom is -0.377 e. The van der Waals surface area contributed by atoms with Gasteiger partial charge in [-0.25, -0.2) is 0 Å². The maximum Gasteiger partial charge on any atom is 0.116 e. The van der Waals surface area contributed by atoms with Crippen LogP contribution in [0.25, 0.3) is 0 Å². The van der Waals surface area contributed by atoms with Crippen LogP contribution in [-0.2, 0) is 69.1 Å². The fourth-order valence-corrected chi connectivity index (χ4v) is 6.35. The molecule has 0 unspecified atom stereocenters. The number of hydrogen-bond donors (Lipinski definition) is 0. The van der Waals surface area contributed by atoms with Crippen LogP contribution in [0.1, 0.15) is 22.3 Å². The molecule has 2 aliphatic rings. The van der Waals surface area contributed by atoms with Crippen LogP contribution in [0.15, 0.2) is 121 Å². The average molecular weight is 699 g/mol. The van der Waals surface area contributed by atoms with Crippen molar-refractivity contribution < 1.29 is 42.6 Å². The first kappa shape index (κ1) is 37.3. The molecule has 1 aliphatic heterocycles. The van der Waals surface area contributed by atoms with Crippen LogP contribution in [-0.4, -0.2) is 89.5 Å². The Hall–Kier alpha value is -3.48. The summed E-state index contributed by atoms with van der Waals surface area (Å²) >= 11 is 0. The van der Waals surface area contributed by atoms with Gasteiger partial charge in [0.15, 0.2) is 0 Å². The molecule has 1 heterocycles. The minimum atomic E-state index is -0.587. The molecule has 6 atom stereocenters.